The fourth-order valence-corrected chi connectivity index (χ4v) is 9.92. The second kappa shape index (κ2) is 12.2. The van der Waals surface area contributed by atoms with Crippen LogP contribution in [0.4, 0.5) is 5.82 Å². The van der Waals surface area contributed by atoms with Crippen molar-refractivity contribution in [2.45, 2.75) is 57.3 Å². The first-order valence-corrected chi connectivity index (χ1v) is 15.4. The first-order chi connectivity index (χ1) is 19.0. The molecule has 0 saturated carbocycles. The predicted molar refractivity (Wildman–Crippen MR) is 159 cm³/mol. The van der Waals surface area contributed by atoms with Crippen LogP contribution in [0.1, 0.15) is 33.9 Å². The van der Waals surface area contributed by atoms with E-state index < -0.39 is 44.5 Å². The van der Waals surface area contributed by atoms with Crippen molar-refractivity contribution in [1.29, 1.82) is 0 Å². The van der Waals surface area contributed by atoms with E-state index in [4.69, 9.17) is 9.16 Å². The van der Waals surface area contributed by atoms with Gasteiger partial charge in [0.2, 0.25) is 0 Å². The lowest BCUT2D eigenvalue weighted by molar-refractivity contribution is -0.227. The van der Waals surface area contributed by atoms with Gasteiger partial charge in [-0.25, -0.2) is 9.79 Å². The number of aromatic nitrogens is 2. The van der Waals surface area contributed by atoms with Crippen LogP contribution in [0.5, 0.6) is 0 Å². The third kappa shape index (κ3) is 5.96. The molecule has 4 rings (SSSR count). The number of benzene rings is 2. The molecule has 1 aromatic heterocycles. The largest absolute Gasteiger partial charge is 0.405 e. The molecule has 2 aromatic carbocycles. The second-order valence-electron chi connectivity index (χ2n) is 11.6. The number of aliphatic hydroxyl groups is 2. The van der Waals surface area contributed by atoms with Crippen molar-refractivity contribution in [3.05, 3.63) is 83.4 Å². The molecule has 0 amide bonds. The van der Waals surface area contributed by atoms with E-state index in [1.54, 1.807) is 30.4 Å². The number of ether oxygens (including phenoxy) is 1. The zero-order valence-corrected chi connectivity index (χ0v) is 25.0. The summed E-state index contributed by atoms with van der Waals surface area (Å²) in [6.45, 7) is 8.28. The molecule has 0 aliphatic carbocycles. The molecule has 0 spiro atoms. The summed E-state index contributed by atoms with van der Waals surface area (Å²) in [5, 5.41) is 24.0. The number of aliphatic imine (C=N–C) groups is 1. The van der Waals surface area contributed by atoms with Gasteiger partial charge in [-0.15, -0.1) is 0 Å². The third-order valence-corrected chi connectivity index (χ3v) is 12.4. The van der Waals surface area contributed by atoms with Crippen LogP contribution in [-0.4, -0.2) is 78.3 Å². The SMILES string of the molecule is CC1C(O)C(O)[C@@H](CO[Si](c2ccccc2)(c2ccccc2)C(C)(C)C)O[C@H]1n1ccc(/N=C\N(C)C)nc1=O. The minimum atomic E-state index is -2.91. The van der Waals surface area contributed by atoms with Crippen LogP contribution in [0.3, 0.4) is 0 Å². The summed E-state index contributed by atoms with van der Waals surface area (Å²) in [7, 11) is 0.733. The topological polar surface area (TPSA) is 109 Å². The number of hydrogen-bond acceptors (Lipinski definition) is 7. The molecule has 1 aliphatic heterocycles. The van der Waals surface area contributed by atoms with Gasteiger partial charge in [-0.05, 0) is 21.5 Å². The average Bonchev–Trinajstić information content (AvgIpc) is 2.93. The lowest BCUT2D eigenvalue weighted by Crippen LogP contribution is -2.68. The van der Waals surface area contributed by atoms with E-state index in [-0.39, 0.29) is 17.5 Å². The maximum absolute atomic E-state index is 13.0. The molecule has 3 aromatic rings. The van der Waals surface area contributed by atoms with Crippen LogP contribution in [0, 0.1) is 5.92 Å². The van der Waals surface area contributed by atoms with Gasteiger partial charge in [0.15, 0.2) is 5.82 Å². The quantitative estimate of drug-likeness (QED) is 0.246. The lowest BCUT2D eigenvalue weighted by Gasteiger charge is -2.46. The maximum atomic E-state index is 13.0. The van der Waals surface area contributed by atoms with Gasteiger partial charge in [0.1, 0.15) is 18.4 Å². The van der Waals surface area contributed by atoms with Gasteiger partial charge in [0.25, 0.3) is 8.32 Å². The predicted octanol–water partition coefficient (Wildman–Crippen LogP) is 2.30. The molecule has 1 saturated heterocycles. The Bertz CT molecular complexity index is 1300. The van der Waals surface area contributed by atoms with Crippen molar-refractivity contribution in [2.24, 2.45) is 10.9 Å². The van der Waals surface area contributed by atoms with Crippen LogP contribution in [-0.2, 0) is 9.16 Å². The van der Waals surface area contributed by atoms with Crippen LogP contribution in [0.25, 0.3) is 0 Å². The molecule has 0 radical (unpaired) electrons. The summed E-state index contributed by atoms with van der Waals surface area (Å²) in [6.07, 6.45) is -0.941. The fourth-order valence-electron chi connectivity index (χ4n) is 5.35. The van der Waals surface area contributed by atoms with Gasteiger partial charge >= 0.3 is 5.69 Å². The molecule has 9 nitrogen and oxygen atoms in total. The Hall–Kier alpha value is -3.15. The third-order valence-electron chi connectivity index (χ3n) is 7.42. The number of nitrogens with zero attached hydrogens (tertiary/aromatic N) is 4. The molecular weight excluding hydrogens is 524 g/mol. The van der Waals surface area contributed by atoms with Crippen LogP contribution in [0.15, 0.2) is 82.7 Å². The second-order valence-corrected chi connectivity index (χ2v) is 15.9. The summed E-state index contributed by atoms with van der Waals surface area (Å²) in [4.78, 5) is 22.9. The van der Waals surface area contributed by atoms with Crippen LogP contribution < -0.4 is 16.1 Å². The highest BCUT2D eigenvalue weighted by molar-refractivity contribution is 6.99. The summed E-state index contributed by atoms with van der Waals surface area (Å²) in [5.74, 6) is -0.305. The van der Waals surface area contributed by atoms with Gasteiger partial charge < -0.3 is 24.3 Å². The highest BCUT2D eigenvalue weighted by Gasteiger charge is 2.52. The molecule has 1 fully saturated rings. The van der Waals surface area contributed by atoms with Crippen LogP contribution >= 0.6 is 0 Å². The van der Waals surface area contributed by atoms with Gasteiger partial charge in [-0.3, -0.25) is 4.57 Å². The van der Waals surface area contributed by atoms with E-state index in [9.17, 15) is 15.0 Å². The van der Waals surface area contributed by atoms with Crippen molar-refractivity contribution < 1.29 is 19.4 Å². The molecular formula is C30H40N4O5Si. The molecule has 3 unspecified atom stereocenters. The summed E-state index contributed by atoms with van der Waals surface area (Å²) >= 11 is 0. The smallest absolute Gasteiger partial charge is 0.351 e. The first kappa shape index (κ1) is 29.8. The number of rotatable bonds is 8. The zero-order valence-electron chi connectivity index (χ0n) is 24.0. The summed E-state index contributed by atoms with van der Waals surface area (Å²) in [5.41, 5.74) is -0.555. The van der Waals surface area contributed by atoms with Gasteiger partial charge in [0, 0.05) is 26.2 Å². The minimum Gasteiger partial charge on any atom is -0.405 e. The van der Waals surface area contributed by atoms with Crippen molar-refractivity contribution in [2.75, 3.05) is 20.7 Å². The molecule has 1 aliphatic rings. The highest BCUT2D eigenvalue weighted by atomic mass is 28.4. The summed E-state index contributed by atoms with van der Waals surface area (Å²) in [6, 6.07) is 22.0. The van der Waals surface area contributed by atoms with E-state index in [1.165, 1.54) is 4.57 Å². The Labute approximate surface area is 236 Å². The molecule has 214 valence electrons. The van der Waals surface area contributed by atoms with Crippen LogP contribution in [0.2, 0.25) is 5.04 Å². The van der Waals surface area contributed by atoms with Crippen molar-refractivity contribution in [3.8, 4) is 0 Å². The highest BCUT2D eigenvalue weighted by Crippen LogP contribution is 2.38. The minimum absolute atomic E-state index is 0.0299. The Morgan fingerprint density at radius 1 is 1.02 bits per heavy atom. The maximum Gasteiger partial charge on any atom is 0.351 e. The van der Waals surface area contributed by atoms with Crippen molar-refractivity contribution in [1.82, 2.24) is 14.5 Å². The van der Waals surface area contributed by atoms with E-state index in [2.05, 4.69) is 55.0 Å². The van der Waals surface area contributed by atoms with Gasteiger partial charge in [-0.2, -0.15) is 4.98 Å². The standard InChI is InChI=1S/C30H40N4O5Si/c1-21-26(35)27(36)24(39-28(21)34-18-17-25(32-29(34)37)31-20-33(5)6)19-38-40(30(2,3)4,22-13-9-7-10-14-22)23-15-11-8-12-16-23/h7-18,20-21,24,26-28,35-36H,19H2,1-6H3/b31-20-/t21?,24-,26?,27?,28-/m1/s1. The van der Waals surface area contributed by atoms with E-state index in [0.717, 1.165) is 10.4 Å². The normalized spacial score (nSPS) is 23.9. The zero-order chi connectivity index (χ0) is 29.1. The van der Waals surface area contributed by atoms with E-state index in [0.29, 0.717) is 0 Å². The molecule has 0 bridgehead atoms. The number of hydrogen-bond donors (Lipinski definition) is 2. The first-order valence-electron chi connectivity index (χ1n) is 13.5. The Balaban J connectivity index is 1.67. The van der Waals surface area contributed by atoms with E-state index >= 15 is 0 Å². The molecule has 40 heavy (non-hydrogen) atoms. The summed E-state index contributed by atoms with van der Waals surface area (Å²) < 4.78 is 14.6. The molecule has 2 N–H and O–H groups in total. The molecule has 10 heteroatoms. The average molecular weight is 565 g/mol. The molecule has 5 atom stereocenters. The van der Waals surface area contributed by atoms with Crippen molar-refractivity contribution in [3.63, 3.8) is 0 Å². The van der Waals surface area contributed by atoms with Crippen molar-refractivity contribution >= 4 is 30.8 Å². The Kier molecular flexibility index (Phi) is 9.06. The van der Waals surface area contributed by atoms with Gasteiger partial charge in [0.05, 0.1) is 19.0 Å². The fraction of sp³-hybridized carbons (Fsp3) is 0.433. The Morgan fingerprint density at radius 2 is 1.60 bits per heavy atom. The van der Waals surface area contributed by atoms with Gasteiger partial charge in [-0.1, -0.05) is 88.4 Å². The van der Waals surface area contributed by atoms with E-state index in [1.807, 2.05) is 50.5 Å². The Morgan fingerprint density at radius 3 is 2.10 bits per heavy atom. The molecule has 2 heterocycles. The lowest BCUT2D eigenvalue weighted by atomic mass is 9.91. The monoisotopic (exact) mass is 564 g/mol. The number of aliphatic hydroxyl groups excluding tert-OH is 2.